The van der Waals surface area contributed by atoms with Crippen LogP contribution in [-0.4, -0.2) is 58.0 Å². The molecule has 0 spiro atoms. The minimum atomic E-state index is -1.03. The largest absolute Gasteiger partial charge is 0.350 e. The third kappa shape index (κ3) is 8.68. The van der Waals surface area contributed by atoms with Crippen LogP contribution in [-0.2, 0) is 9.54 Å². The van der Waals surface area contributed by atoms with Crippen molar-refractivity contribution in [2.75, 3.05) is 13.1 Å². The number of imide groups is 1. The van der Waals surface area contributed by atoms with Gasteiger partial charge in [-0.2, -0.15) is 0 Å². The first kappa shape index (κ1) is 41.1. The molecule has 8 nitrogen and oxygen atoms in total. The van der Waals surface area contributed by atoms with E-state index in [1.807, 2.05) is 54.6 Å². The number of carbonyl (C=O) groups excluding carboxylic acids is 5. The average Bonchev–Trinajstić information content (AvgIpc) is 3.85. The Kier molecular flexibility index (Phi) is 12.1. The highest BCUT2D eigenvalue weighted by Gasteiger charge is 2.45. The van der Waals surface area contributed by atoms with E-state index in [0.717, 1.165) is 40.6 Å². The lowest BCUT2D eigenvalue weighted by Crippen LogP contribution is -2.43. The number of benzene rings is 6. The third-order valence-corrected chi connectivity index (χ3v) is 13.3. The summed E-state index contributed by atoms with van der Waals surface area (Å²) in [7, 11) is 0. The normalized spacial score (nSPS) is 17.0. The van der Waals surface area contributed by atoms with Gasteiger partial charge in [0.2, 0.25) is 0 Å². The van der Waals surface area contributed by atoms with Crippen molar-refractivity contribution in [1.82, 2.24) is 15.5 Å². The molecule has 61 heavy (non-hydrogen) atoms. The fraction of sp³-hybridized carbons (Fsp3) is 0.122. The van der Waals surface area contributed by atoms with Gasteiger partial charge in [0, 0.05) is 35.5 Å². The van der Waals surface area contributed by atoms with Crippen LogP contribution >= 0.6 is 23.5 Å². The molecule has 0 saturated carbocycles. The lowest BCUT2D eigenvalue weighted by atomic mass is 9.84. The maximum Gasteiger partial charge on any atom is 0.290 e. The van der Waals surface area contributed by atoms with E-state index in [0.29, 0.717) is 23.6 Å². The Morgan fingerprint density at radius 3 is 1.87 bits per heavy atom. The molecule has 2 atom stereocenters. The molecule has 0 aromatic heterocycles. The number of nitrogens with one attached hydrogen (secondary N) is 2. The number of hydrogen-bond donors (Lipinski definition) is 2. The summed E-state index contributed by atoms with van der Waals surface area (Å²) in [5.74, 6) is -3.96. The van der Waals surface area contributed by atoms with Crippen LogP contribution in [0, 0.1) is 11.6 Å². The number of thioether (sulfide) groups is 2. The number of hydrogen-bond acceptors (Lipinski definition) is 7. The smallest absolute Gasteiger partial charge is 0.290 e. The summed E-state index contributed by atoms with van der Waals surface area (Å²) in [6.45, 7) is 0.327. The van der Waals surface area contributed by atoms with Gasteiger partial charge >= 0.3 is 0 Å². The second-order valence-corrected chi connectivity index (χ2v) is 17.1. The van der Waals surface area contributed by atoms with Gasteiger partial charge in [-0.05, 0) is 76.8 Å². The minimum Gasteiger partial charge on any atom is -0.350 e. The monoisotopic (exact) mass is 849 g/mol. The van der Waals surface area contributed by atoms with Gasteiger partial charge in [0.05, 0.1) is 26.8 Å². The van der Waals surface area contributed by atoms with E-state index < -0.39 is 45.3 Å². The third-order valence-electron chi connectivity index (χ3n) is 10.7. The van der Waals surface area contributed by atoms with Crippen LogP contribution in [0.5, 0.6) is 0 Å². The lowest BCUT2D eigenvalue weighted by Gasteiger charge is -2.37. The summed E-state index contributed by atoms with van der Waals surface area (Å²) < 4.78 is 28.1. The first-order valence-electron chi connectivity index (χ1n) is 19.5. The van der Waals surface area contributed by atoms with Gasteiger partial charge in [0.1, 0.15) is 11.6 Å². The first-order valence-corrected chi connectivity index (χ1v) is 21.2. The molecule has 0 radical (unpaired) electrons. The van der Waals surface area contributed by atoms with E-state index >= 15 is 0 Å². The Morgan fingerprint density at radius 2 is 1.31 bits per heavy atom. The molecule has 2 heterocycles. The van der Waals surface area contributed by atoms with Gasteiger partial charge in [-0.1, -0.05) is 121 Å². The van der Waals surface area contributed by atoms with Crippen LogP contribution in [0.1, 0.15) is 65.3 Å². The molecule has 2 saturated heterocycles. The van der Waals surface area contributed by atoms with Crippen molar-refractivity contribution >= 4 is 58.3 Å². The standard InChI is InChI=1S/C49H37F2N3O5S2/c50-36-24-25-41(42(51)27-36)44(55)39-18-10-11-19-40(39)47(58)54-30-38(28-37(54)29-52-45(56)32-22-20-31(21-23-32)26-43-46(57)53-48(59)60-43)61-49(33-12-4-1-5-13-33,34-14-6-2-7-15-34)35-16-8-3-9-17-35/h1-27,37-38H,28-30H2,(H,52,56)(H,53,57,59)/b43-26-/t37-,38+/m0/s1. The van der Waals surface area contributed by atoms with Gasteiger partial charge in [-0.3, -0.25) is 29.3 Å². The molecule has 0 aliphatic carbocycles. The van der Waals surface area contributed by atoms with Crippen molar-refractivity contribution in [2.45, 2.75) is 22.5 Å². The fourth-order valence-corrected chi connectivity index (χ4v) is 10.4. The Hall–Kier alpha value is -6.63. The van der Waals surface area contributed by atoms with Gasteiger partial charge in [-0.15, -0.1) is 11.8 Å². The zero-order chi connectivity index (χ0) is 42.5. The van der Waals surface area contributed by atoms with Crippen molar-refractivity contribution in [3.05, 3.63) is 219 Å². The average molecular weight is 850 g/mol. The summed E-state index contributed by atoms with van der Waals surface area (Å²) >= 11 is 2.52. The molecule has 304 valence electrons. The molecular formula is C49H37F2N3O5S2. The summed E-state index contributed by atoms with van der Waals surface area (Å²) in [4.78, 5) is 67.9. The number of rotatable bonds is 12. The van der Waals surface area contributed by atoms with E-state index in [4.69, 9.17) is 0 Å². The number of nitrogens with zero attached hydrogens (tertiary/aromatic N) is 1. The van der Waals surface area contributed by atoms with Crippen molar-refractivity contribution in [2.24, 2.45) is 0 Å². The van der Waals surface area contributed by atoms with E-state index in [1.165, 1.54) is 12.1 Å². The van der Waals surface area contributed by atoms with E-state index in [2.05, 4.69) is 47.0 Å². The van der Waals surface area contributed by atoms with Crippen molar-refractivity contribution in [3.63, 3.8) is 0 Å². The molecule has 0 unspecified atom stereocenters. The van der Waals surface area contributed by atoms with E-state index in [9.17, 15) is 32.8 Å². The predicted molar refractivity (Wildman–Crippen MR) is 234 cm³/mol. The minimum absolute atomic E-state index is 0.0305. The zero-order valence-electron chi connectivity index (χ0n) is 32.4. The second kappa shape index (κ2) is 17.9. The Balaban J connectivity index is 1.13. The fourth-order valence-electron chi connectivity index (χ4n) is 7.83. The summed E-state index contributed by atoms with van der Waals surface area (Å²) in [6.07, 6.45) is 2.04. The molecule has 6 aromatic rings. The van der Waals surface area contributed by atoms with Gasteiger partial charge in [0.15, 0.2) is 5.78 Å². The molecule has 2 N–H and O–H groups in total. The van der Waals surface area contributed by atoms with Crippen molar-refractivity contribution in [1.29, 1.82) is 0 Å². The molecule has 0 bridgehead atoms. The topological polar surface area (TPSA) is 113 Å². The zero-order valence-corrected chi connectivity index (χ0v) is 34.1. The molecule has 4 amide bonds. The Labute approximate surface area is 359 Å². The van der Waals surface area contributed by atoms with Crippen molar-refractivity contribution < 1.29 is 32.8 Å². The van der Waals surface area contributed by atoms with Gasteiger partial charge in [-0.25, -0.2) is 8.78 Å². The quantitative estimate of drug-likeness (QED) is 0.0718. The summed E-state index contributed by atoms with van der Waals surface area (Å²) in [6, 6.07) is 45.5. The van der Waals surface area contributed by atoms with Crippen LogP contribution in [0.4, 0.5) is 13.6 Å². The Bertz CT molecular complexity index is 2570. The number of likely N-dealkylation sites (tertiary alicyclic amines) is 1. The van der Waals surface area contributed by atoms with Crippen LogP contribution in [0.3, 0.4) is 0 Å². The molecule has 2 fully saturated rings. The van der Waals surface area contributed by atoms with Gasteiger partial charge < -0.3 is 10.2 Å². The number of ketones is 1. The van der Waals surface area contributed by atoms with Crippen LogP contribution in [0.2, 0.25) is 0 Å². The number of amides is 4. The van der Waals surface area contributed by atoms with Crippen molar-refractivity contribution in [3.8, 4) is 0 Å². The molecule has 2 aliphatic rings. The van der Waals surface area contributed by atoms with Gasteiger partial charge in [0.25, 0.3) is 23.0 Å². The van der Waals surface area contributed by atoms with Crippen LogP contribution < -0.4 is 10.6 Å². The van der Waals surface area contributed by atoms with Crippen LogP contribution in [0.15, 0.2) is 163 Å². The second-order valence-electron chi connectivity index (χ2n) is 14.5. The number of halogens is 2. The first-order chi connectivity index (χ1) is 29.6. The molecule has 12 heteroatoms. The molecule has 2 aliphatic heterocycles. The number of carbonyl (C=O) groups is 5. The highest BCUT2D eigenvalue weighted by molar-refractivity contribution is 8.18. The van der Waals surface area contributed by atoms with Crippen LogP contribution in [0.25, 0.3) is 6.08 Å². The van der Waals surface area contributed by atoms with E-state index in [-0.39, 0.29) is 45.8 Å². The van der Waals surface area contributed by atoms with E-state index in [1.54, 1.807) is 59.1 Å². The SMILES string of the molecule is O=C1NC(=O)/C(=C/c2ccc(C(=O)NC[C@@H]3C[C@@H](SC(c4ccccc4)(c4ccccc4)c4ccccc4)CN3C(=O)c3ccccc3C(=O)c3ccc(F)cc3F)cc2)S1. The predicted octanol–water partition coefficient (Wildman–Crippen LogP) is 9.26. The highest BCUT2D eigenvalue weighted by atomic mass is 32.2. The molecule has 8 rings (SSSR count). The molecular weight excluding hydrogens is 813 g/mol. The maximum absolute atomic E-state index is 14.9. The Morgan fingerprint density at radius 1 is 0.738 bits per heavy atom. The maximum atomic E-state index is 14.9. The summed E-state index contributed by atoms with van der Waals surface area (Å²) in [5.41, 5.74) is 3.77. The molecule has 6 aromatic carbocycles. The lowest BCUT2D eigenvalue weighted by molar-refractivity contribution is -0.115. The summed E-state index contributed by atoms with van der Waals surface area (Å²) in [5, 5.41) is 4.60. The highest BCUT2D eigenvalue weighted by Crippen LogP contribution is 2.52.